The van der Waals surface area contributed by atoms with Gasteiger partial charge < -0.3 is 34.7 Å². The molecule has 0 saturated carbocycles. The molecule has 0 amide bonds. The van der Waals surface area contributed by atoms with Crippen LogP contribution >= 0.6 is 0 Å². The van der Waals surface area contributed by atoms with Crippen LogP contribution in [-0.2, 0) is 14.3 Å². The molecule has 0 aliphatic carbocycles. The van der Waals surface area contributed by atoms with Gasteiger partial charge in [0.15, 0.2) is 6.29 Å². The topological polar surface area (TPSA) is 119 Å². The molecule has 1 aliphatic rings. The van der Waals surface area contributed by atoms with Gasteiger partial charge in [-0.15, -0.1) is 0 Å². The van der Waals surface area contributed by atoms with Gasteiger partial charge >= 0.3 is 0 Å². The first-order valence-corrected chi connectivity index (χ1v) is 10.3. The second kappa shape index (κ2) is 13.4. The highest BCUT2D eigenvalue weighted by atomic mass is 16.7. The van der Waals surface area contributed by atoms with Gasteiger partial charge in [-0.05, 0) is 26.7 Å². The summed E-state index contributed by atoms with van der Waals surface area (Å²) in [6.07, 6.45) is 5.59. The van der Waals surface area contributed by atoms with E-state index in [1.54, 1.807) is 6.92 Å². The second-order valence-electron chi connectivity index (χ2n) is 7.81. The summed E-state index contributed by atoms with van der Waals surface area (Å²) in [5, 5.41) is 39.4. The number of carboxylic acid groups (broad SMARTS) is 1. The zero-order chi connectivity index (χ0) is 20.2. The van der Waals surface area contributed by atoms with Crippen molar-refractivity contribution in [2.75, 3.05) is 0 Å². The summed E-state index contributed by atoms with van der Waals surface area (Å²) in [6.45, 7) is 3.76. The van der Waals surface area contributed by atoms with Crippen molar-refractivity contribution in [3.8, 4) is 0 Å². The molecule has 0 radical (unpaired) electrons. The van der Waals surface area contributed by atoms with Crippen molar-refractivity contribution in [3.05, 3.63) is 0 Å². The smallest absolute Gasteiger partial charge is 0.184 e. The van der Waals surface area contributed by atoms with Gasteiger partial charge in [0.25, 0.3) is 0 Å². The average molecular weight is 390 g/mol. The first kappa shape index (κ1) is 24.3. The summed E-state index contributed by atoms with van der Waals surface area (Å²) in [7, 11) is 0. The maximum absolute atomic E-state index is 10.3. The van der Waals surface area contributed by atoms with Gasteiger partial charge in [0.1, 0.15) is 6.10 Å². The van der Waals surface area contributed by atoms with Gasteiger partial charge in [-0.25, -0.2) is 0 Å². The highest BCUT2D eigenvalue weighted by Crippen LogP contribution is 2.23. The Hall–Kier alpha value is -0.730. The third kappa shape index (κ3) is 11.0. The minimum atomic E-state index is -1.20. The van der Waals surface area contributed by atoms with Crippen LogP contribution in [0.25, 0.3) is 0 Å². The van der Waals surface area contributed by atoms with E-state index < -0.39 is 30.6 Å². The molecule has 1 heterocycles. The maximum atomic E-state index is 10.3. The van der Waals surface area contributed by atoms with Crippen LogP contribution in [0.3, 0.4) is 0 Å². The summed E-state index contributed by atoms with van der Waals surface area (Å²) in [6, 6.07) is 0. The first-order valence-electron chi connectivity index (χ1n) is 10.3. The molecule has 1 aliphatic heterocycles. The Labute approximate surface area is 162 Å². The van der Waals surface area contributed by atoms with Gasteiger partial charge in [-0.3, -0.25) is 0 Å². The summed E-state index contributed by atoms with van der Waals surface area (Å²) in [5.41, 5.74) is 0. The predicted octanol–water partition coefficient (Wildman–Crippen LogP) is 1.26. The number of hydrogen-bond donors (Lipinski definition) is 3. The molecule has 0 aromatic rings. The van der Waals surface area contributed by atoms with E-state index in [2.05, 4.69) is 0 Å². The van der Waals surface area contributed by atoms with Crippen LogP contribution in [0.15, 0.2) is 0 Å². The molecule has 0 spiro atoms. The Kier molecular flexibility index (Phi) is 12.1. The summed E-state index contributed by atoms with van der Waals surface area (Å²) < 4.78 is 11.3. The molecular weight excluding hydrogens is 352 g/mol. The monoisotopic (exact) mass is 389 g/mol. The van der Waals surface area contributed by atoms with Gasteiger partial charge in [0.05, 0.1) is 24.4 Å². The molecule has 0 bridgehead atoms. The quantitative estimate of drug-likeness (QED) is 0.383. The summed E-state index contributed by atoms with van der Waals surface area (Å²) >= 11 is 0. The van der Waals surface area contributed by atoms with Crippen molar-refractivity contribution in [2.45, 2.75) is 121 Å². The number of rotatable bonds is 14. The number of aliphatic hydroxyl groups is 3. The highest BCUT2D eigenvalue weighted by molar-refractivity contribution is 5.64. The molecule has 27 heavy (non-hydrogen) atoms. The van der Waals surface area contributed by atoms with E-state index in [0.717, 1.165) is 51.4 Å². The van der Waals surface area contributed by atoms with Crippen molar-refractivity contribution < 1.29 is 34.7 Å². The van der Waals surface area contributed by atoms with E-state index in [-0.39, 0.29) is 25.0 Å². The molecule has 7 heteroatoms. The Morgan fingerprint density at radius 2 is 1.63 bits per heavy atom. The lowest BCUT2D eigenvalue weighted by molar-refractivity contribution is -0.307. The maximum Gasteiger partial charge on any atom is 0.184 e. The highest BCUT2D eigenvalue weighted by Gasteiger charge is 2.35. The number of aliphatic hydroxyl groups excluding tert-OH is 3. The minimum absolute atomic E-state index is 0.00249. The normalized spacial score (nSPS) is 28.0. The Morgan fingerprint density at radius 3 is 2.22 bits per heavy atom. The Balaban J connectivity index is 1.96. The molecule has 6 atom stereocenters. The molecule has 160 valence electrons. The fraction of sp³-hybridized carbons (Fsp3) is 0.950. The van der Waals surface area contributed by atoms with Crippen LogP contribution in [0, 0.1) is 0 Å². The van der Waals surface area contributed by atoms with Crippen LogP contribution in [0.5, 0.6) is 0 Å². The van der Waals surface area contributed by atoms with Crippen LogP contribution < -0.4 is 5.11 Å². The van der Waals surface area contributed by atoms with Crippen LogP contribution in [0.1, 0.15) is 84.5 Å². The van der Waals surface area contributed by atoms with Crippen molar-refractivity contribution >= 4 is 5.97 Å². The van der Waals surface area contributed by atoms with Gasteiger partial charge in [0, 0.05) is 18.8 Å². The van der Waals surface area contributed by atoms with Crippen LogP contribution in [0.2, 0.25) is 0 Å². The van der Waals surface area contributed by atoms with Crippen molar-refractivity contribution in [1.29, 1.82) is 0 Å². The molecule has 1 fully saturated rings. The van der Waals surface area contributed by atoms with Crippen molar-refractivity contribution in [2.24, 2.45) is 0 Å². The van der Waals surface area contributed by atoms with E-state index in [4.69, 9.17) is 9.47 Å². The number of hydrogen-bond acceptors (Lipinski definition) is 7. The first-order chi connectivity index (χ1) is 12.8. The van der Waals surface area contributed by atoms with Gasteiger partial charge in [-0.1, -0.05) is 44.9 Å². The predicted molar refractivity (Wildman–Crippen MR) is 98.7 cm³/mol. The Bertz CT molecular complexity index is 404. The zero-order valence-electron chi connectivity index (χ0n) is 16.7. The third-order valence-corrected chi connectivity index (χ3v) is 5.10. The number of aliphatic carboxylic acids is 1. The van der Waals surface area contributed by atoms with Gasteiger partial charge in [0.2, 0.25) is 0 Å². The second-order valence-corrected chi connectivity index (χ2v) is 7.81. The lowest BCUT2D eigenvalue weighted by atomic mass is 10.0. The fourth-order valence-electron chi connectivity index (χ4n) is 3.35. The van der Waals surface area contributed by atoms with Crippen molar-refractivity contribution in [1.82, 2.24) is 0 Å². The molecule has 3 N–H and O–H groups in total. The molecule has 0 aromatic heterocycles. The fourth-order valence-corrected chi connectivity index (χ4v) is 3.35. The molecule has 1 saturated heterocycles. The van der Waals surface area contributed by atoms with E-state index >= 15 is 0 Å². The Morgan fingerprint density at radius 1 is 1.07 bits per heavy atom. The molecule has 7 nitrogen and oxygen atoms in total. The SMILES string of the molecule is C[C@H](CCCCCCCCC[C@@H](O)CC(=O)[O-])O[C@@H]1O[C@@H](C)[C@H](O)C[C@H]1O. The lowest BCUT2D eigenvalue weighted by Crippen LogP contribution is -2.48. The summed E-state index contributed by atoms with van der Waals surface area (Å²) in [4.78, 5) is 10.3. The number of carbonyl (C=O) groups excluding carboxylic acids is 1. The summed E-state index contributed by atoms with van der Waals surface area (Å²) in [5.74, 6) is -1.20. The standard InChI is InChI=1S/C20H38O7/c1-14(26-20-18(23)13-17(22)15(2)27-20)10-8-6-4-3-5-7-9-11-16(21)12-19(24)25/h14-18,20-23H,3-13H2,1-2H3,(H,24,25)/p-1/t14-,15+,16-,17-,18-,20-/m1/s1. The van der Waals surface area contributed by atoms with Crippen LogP contribution in [0.4, 0.5) is 0 Å². The average Bonchev–Trinajstić information content (AvgIpc) is 2.57. The minimum Gasteiger partial charge on any atom is -0.550 e. The lowest BCUT2D eigenvalue weighted by Gasteiger charge is -2.36. The van der Waals surface area contributed by atoms with E-state index in [9.17, 15) is 25.2 Å². The number of ether oxygens (including phenoxy) is 2. The number of carboxylic acids is 1. The molecule has 0 unspecified atom stereocenters. The van der Waals surface area contributed by atoms with Crippen LogP contribution in [-0.4, -0.2) is 58.1 Å². The third-order valence-electron chi connectivity index (χ3n) is 5.10. The van der Waals surface area contributed by atoms with E-state index in [0.29, 0.717) is 6.42 Å². The van der Waals surface area contributed by atoms with Gasteiger partial charge in [-0.2, -0.15) is 0 Å². The number of unbranched alkanes of at least 4 members (excludes halogenated alkanes) is 6. The molecule has 1 rings (SSSR count). The zero-order valence-corrected chi connectivity index (χ0v) is 16.7. The molecule has 0 aromatic carbocycles. The largest absolute Gasteiger partial charge is 0.550 e. The number of carbonyl (C=O) groups is 1. The van der Waals surface area contributed by atoms with Crippen molar-refractivity contribution in [3.63, 3.8) is 0 Å². The molecular formula is C20H37O7-. The van der Waals surface area contributed by atoms with E-state index in [1.807, 2.05) is 6.92 Å². The van der Waals surface area contributed by atoms with E-state index in [1.165, 1.54) is 0 Å².